The lowest BCUT2D eigenvalue weighted by Gasteiger charge is -2.27. The molecule has 26 heavy (non-hydrogen) atoms. The lowest BCUT2D eigenvalue weighted by atomic mass is 10.3. The van der Waals surface area contributed by atoms with E-state index in [1.165, 1.54) is 18.2 Å². The molecule has 1 aromatic carbocycles. The Morgan fingerprint density at radius 1 is 1.27 bits per heavy atom. The van der Waals surface area contributed by atoms with Gasteiger partial charge in [-0.05, 0) is 18.2 Å². The number of hydrogen-bond acceptors (Lipinski definition) is 6. The van der Waals surface area contributed by atoms with Gasteiger partial charge >= 0.3 is 0 Å². The molecule has 0 aliphatic carbocycles. The van der Waals surface area contributed by atoms with Crippen LogP contribution in [0.4, 0.5) is 15.9 Å². The van der Waals surface area contributed by atoms with Crippen LogP contribution in [0.1, 0.15) is 10.6 Å². The molecule has 3 aromatic rings. The van der Waals surface area contributed by atoms with Crippen LogP contribution in [0.5, 0.6) is 0 Å². The molecular formula is C17H17FN6OS. The van der Waals surface area contributed by atoms with Crippen LogP contribution in [0.25, 0.3) is 11.0 Å². The third-order valence-corrected chi connectivity index (χ3v) is 5.01. The van der Waals surface area contributed by atoms with Gasteiger partial charge in [0.25, 0.3) is 5.91 Å². The lowest BCUT2D eigenvalue weighted by Crippen LogP contribution is -2.33. The van der Waals surface area contributed by atoms with Gasteiger partial charge in [-0.1, -0.05) is 6.07 Å². The number of carbonyl (C=O) groups excluding carboxylic acids is 1. The summed E-state index contributed by atoms with van der Waals surface area (Å²) in [5.41, 5.74) is 0.829. The van der Waals surface area contributed by atoms with Gasteiger partial charge in [0, 0.05) is 43.5 Å². The highest BCUT2D eigenvalue weighted by Gasteiger charge is 2.21. The molecule has 1 aliphatic heterocycles. The predicted octanol–water partition coefficient (Wildman–Crippen LogP) is 2.31. The average Bonchev–Trinajstić information content (AvgIpc) is 3.01. The molecule has 1 amide bonds. The molecule has 0 radical (unpaired) electrons. The highest BCUT2D eigenvalue weighted by atomic mass is 32.2. The number of nitrogens with one attached hydrogen (secondary N) is 1. The monoisotopic (exact) mass is 372 g/mol. The van der Waals surface area contributed by atoms with Crippen LogP contribution in [-0.4, -0.2) is 50.3 Å². The summed E-state index contributed by atoms with van der Waals surface area (Å²) in [7, 11) is 1.81. The number of hydrogen-bond donors (Lipinski definition) is 1. The SMILES string of the molecule is Cn1cc2c(N3CCSCC3)nc(C(=O)Nc3cccc(F)c3)nc2n1. The summed E-state index contributed by atoms with van der Waals surface area (Å²) < 4.78 is 15.0. The molecule has 1 fully saturated rings. The first kappa shape index (κ1) is 16.8. The zero-order chi connectivity index (χ0) is 18.1. The second-order valence-electron chi connectivity index (χ2n) is 5.97. The largest absolute Gasteiger partial charge is 0.354 e. The van der Waals surface area contributed by atoms with E-state index in [0.29, 0.717) is 17.2 Å². The number of halogens is 1. The van der Waals surface area contributed by atoms with Crippen molar-refractivity contribution in [3.8, 4) is 0 Å². The minimum Gasteiger partial charge on any atom is -0.354 e. The summed E-state index contributed by atoms with van der Waals surface area (Å²) in [5.74, 6) is 1.85. The molecule has 2 aromatic heterocycles. The van der Waals surface area contributed by atoms with E-state index in [1.807, 2.05) is 25.0 Å². The first-order valence-electron chi connectivity index (χ1n) is 8.21. The fourth-order valence-corrected chi connectivity index (χ4v) is 3.78. The molecule has 0 bridgehead atoms. The van der Waals surface area contributed by atoms with Crippen molar-refractivity contribution in [3.63, 3.8) is 0 Å². The van der Waals surface area contributed by atoms with Crippen molar-refractivity contribution in [3.05, 3.63) is 42.1 Å². The molecule has 9 heteroatoms. The van der Waals surface area contributed by atoms with Crippen molar-refractivity contribution in [1.82, 2.24) is 19.7 Å². The summed E-state index contributed by atoms with van der Waals surface area (Å²) >= 11 is 1.90. The second-order valence-corrected chi connectivity index (χ2v) is 7.20. The number of benzene rings is 1. The predicted molar refractivity (Wildman–Crippen MR) is 100 cm³/mol. The number of aromatic nitrogens is 4. The summed E-state index contributed by atoms with van der Waals surface area (Å²) in [6.07, 6.45) is 1.86. The van der Waals surface area contributed by atoms with E-state index in [1.54, 1.807) is 10.7 Å². The average molecular weight is 372 g/mol. The summed E-state index contributed by atoms with van der Waals surface area (Å²) in [6, 6.07) is 5.71. The molecular weight excluding hydrogens is 355 g/mol. The topological polar surface area (TPSA) is 75.9 Å². The number of fused-ring (bicyclic) bond motifs is 1. The zero-order valence-corrected chi connectivity index (χ0v) is 15.0. The fourth-order valence-electron chi connectivity index (χ4n) is 2.87. The molecule has 1 aliphatic rings. The van der Waals surface area contributed by atoms with Gasteiger partial charge in [-0.3, -0.25) is 9.48 Å². The van der Waals surface area contributed by atoms with Crippen LogP contribution in [0, 0.1) is 5.82 Å². The van der Waals surface area contributed by atoms with Gasteiger partial charge in [0.1, 0.15) is 11.6 Å². The quantitative estimate of drug-likeness (QED) is 0.760. The van der Waals surface area contributed by atoms with E-state index >= 15 is 0 Å². The standard InChI is InChI=1S/C17H17FN6OS/c1-23-10-13-14(22-23)20-15(21-16(13)24-5-7-26-8-6-24)17(25)19-12-4-2-3-11(18)9-12/h2-4,9-10H,5-8H2,1H3,(H,19,25). The van der Waals surface area contributed by atoms with Crippen LogP contribution < -0.4 is 10.2 Å². The molecule has 4 rings (SSSR count). The Kier molecular flexibility index (Phi) is 4.46. The van der Waals surface area contributed by atoms with Crippen molar-refractivity contribution >= 4 is 40.2 Å². The van der Waals surface area contributed by atoms with E-state index in [9.17, 15) is 9.18 Å². The number of nitrogens with zero attached hydrogens (tertiary/aromatic N) is 5. The number of anilines is 2. The molecule has 0 atom stereocenters. The molecule has 1 saturated heterocycles. The Balaban J connectivity index is 1.71. The summed E-state index contributed by atoms with van der Waals surface area (Å²) in [6.45, 7) is 1.72. The highest BCUT2D eigenvalue weighted by molar-refractivity contribution is 7.99. The molecule has 134 valence electrons. The van der Waals surface area contributed by atoms with Crippen LogP contribution in [0.15, 0.2) is 30.5 Å². The molecule has 0 unspecified atom stereocenters. The summed E-state index contributed by atoms with van der Waals surface area (Å²) in [4.78, 5) is 23.5. The number of rotatable bonds is 3. The number of thioether (sulfide) groups is 1. The van der Waals surface area contributed by atoms with Crippen molar-refractivity contribution in [2.24, 2.45) is 7.05 Å². The van der Waals surface area contributed by atoms with E-state index < -0.39 is 11.7 Å². The lowest BCUT2D eigenvalue weighted by molar-refractivity contribution is 0.101. The Hall–Kier alpha value is -2.68. The maximum atomic E-state index is 13.3. The van der Waals surface area contributed by atoms with Gasteiger partial charge in [-0.2, -0.15) is 16.9 Å². The van der Waals surface area contributed by atoms with Gasteiger partial charge in [-0.15, -0.1) is 0 Å². The van der Waals surface area contributed by atoms with Crippen molar-refractivity contribution < 1.29 is 9.18 Å². The van der Waals surface area contributed by atoms with E-state index in [0.717, 1.165) is 30.0 Å². The molecule has 1 N–H and O–H groups in total. The van der Waals surface area contributed by atoms with Gasteiger partial charge in [0.2, 0.25) is 5.82 Å². The molecule has 3 heterocycles. The molecule has 0 saturated carbocycles. The maximum Gasteiger partial charge on any atom is 0.293 e. The molecule has 7 nitrogen and oxygen atoms in total. The van der Waals surface area contributed by atoms with Crippen LogP contribution in [0.3, 0.4) is 0 Å². The van der Waals surface area contributed by atoms with Crippen LogP contribution >= 0.6 is 11.8 Å². The van der Waals surface area contributed by atoms with Crippen molar-refractivity contribution in [2.75, 3.05) is 34.8 Å². The van der Waals surface area contributed by atoms with Crippen molar-refractivity contribution in [2.45, 2.75) is 0 Å². The normalized spacial score (nSPS) is 14.6. The smallest absolute Gasteiger partial charge is 0.293 e. The first-order chi connectivity index (χ1) is 12.6. The third-order valence-electron chi connectivity index (χ3n) is 4.07. The third kappa shape index (κ3) is 3.34. The number of aryl methyl sites for hydroxylation is 1. The Labute approximate surface area is 153 Å². The van der Waals surface area contributed by atoms with E-state index in [4.69, 9.17) is 0 Å². The van der Waals surface area contributed by atoms with E-state index in [2.05, 4.69) is 25.3 Å². The second kappa shape index (κ2) is 6.91. The van der Waals surface area contributed by atoms with Gasteiger partial charge < -0.3 is 10.2 Å². The maximum absolute atomic E-state index is 13.3. The fraction of sp³-hybridized carbons (Fsp3) is 0.294. The van der Waals surface area contributed by atoms with Crippen molar-refractivity contribution in [1.29, 1.82) is 0 Å². The van der Waals surface area contributed by atoms with Gasteiger partial charge in [-0.25, -0.2) is 14.4 Å². The van der Waals surface area contributed by atoms with E-state index in [-0.39, 0.29) is 5.82 Å². The first-order valence-corrected chi connectivity index (χ1v) is 9.36. The van der Waals surface area contributed by atoms with Crippen LogP contribution in [0.2, 0.25) is 0 Å². The Morgan fingerprint density at radius 2 is 2.08 bits per heavy atom. The zero-order valence-electron chi connectivity index (χ0n) is 14.1. The van der Waals surface area contributed by atoms with Gasteiger partial charge in [0.15, 0.2) is 5.65 Å². The number of amides is 1. The van der Waals surface area contributed by atoms with Gasteiger partial charge in [0.05, 0.1) is 5.39 Å². The Morgan fingerprint density at radius 3 is 2.85 bits per heavy atom. The Bertz CT molecular complexity index is 969. The molecule has 0 spiro atoms. The number of carbonyl (C=O) groups is 1. The van der Waals surface area contributed by atoms with Crippen LogP contribution in [-0.2, 0) is 7.05 Å². The highest BCUT2D eigenvalue weighted by Crippen LogP contribution is 2.25. The minimum atomic E-state index is -0.490. The minimum absolute atomic E-state index is 0.0219. The summed E-state index contributed by atoms with van der Waals surface area (Å²) in [5, 5.41) is 7.79.